The fourth-order valence-corrected chi connectivity index (χ4v) is 3.08. The van der Waals surface area contributed by atoms with Gasteiger partial charge in [-0.25, -0.2) is 9.66 Å². The average molecular weight is 357 g/mol. The third kappa shape index (κ3) is 4.76. The molecule has 1 aliphatic heterocycles. The van der Waals surface area contributed by atoms with Gasteiger partial charge in [0.25, 0.3) is 0 Å². The van der Waals surface area contributed by atoms with E-state index in [-0.39, 0.29) is 0 Å². The SMILES string of the molecule is COc1cc(C=Nn2cc(C)nc2N)ccc1OCCN1CCCCC1. The van der Waals surface area contributed by atoms with Crippen molar-refractivity contribution < 1.29 is 9.47 Å². The van der Waals surface area contributed by atoms with Crippen molar-refractivity contribution in [2.45, 2.75) is 26.2 Å². The number of hydrogen-bond donors (Lipinski definition) is 1. The molecule has 7 nitrogen and oxygen atoms in total. The Hall–Kier alpha value is -2.54. The molecule has 0 spiro atoms. The van der Waals surface area contributed by atoms with Gasteiger partial charge in [0, 0.05) is 6.54 Å². The number of piperidine rings is 1. The second kappa shape index (κ2) is 8.71. The minimum absolute atomic E-state index is 0.364. The van der Waals surface area contributed by atoms with Crippen LogP contribution in [0.25, 0.3) is 0 Å². The maximum atomic E-state index is 5.92. The summed E-state index contributed by atoms with van der Waals surface area (Å²) >= 11 is 0. The zero-order valence-corrected chi connectivity index (χ0v) is 15.5. The van der Waals surface area contributed by atoms with Crippen LogP contribution in [0.2, 0.25) is 0 Å². The number of ether oxygens (including phenoxy) is 2. The van der Waals surface area contributed by atoms with E-state index >= 15 is 0 Å². The van der Waals surface area contributed by atoms with E-state index in [1.807, 2.05) is 25.1 Å². The number of benzene rings is 1. The lowest BCUT2D eigenvalue weighted by atomic mass is 10.1. The minimum Gasteiger partial charge on any atom is -0.493 e. The maximum absolute atomic E-state index is 5.92. The quantitative estimate of drug-likeness (QED) is 0.771. The number of aryl methyl sites for hydroxylation is 1. The predicted octanol–water partition coefficient (Wildman–Crippen LogP) is 2.53. The molecule has 1 aliphatic rings. The summed E-state index contributed by atoms with van der Waals surface area (Å²) in [6, 6.07) is 5.76. The van der Waals surface area contributed by atoms with Crippen molar-refractivity contribution >= 4 is 12.2 Å². The van der Waals surface area contributed by atoms with Gasteiger partial charge in [-0.05, 0) is 56.6 Å². The van der Waals surface area contributed by atoms with Crippen molar-refractivity contribution in [2.75, 3.05) is 39.1 Å². The molecular formula is C19H27N5O2. The number of nitrogen functional groups attached to an aromatic ring is 1. The molecule has 2 heterocycles. The van der Waals surface area contributed by atoms with Crippen LogP contribution in [0.5, 0.6) is 11.5 Å². The number of rotatable bonds is 7. The Labute approximate surface area is 154 Å². The smallest absolute Gasteiger partial charge is 0.221 e. The van der Waals surface area contributed by atoms with Crippen molar-refractivity contribution in [1.82, 2.24) is 14.6 Å². The van der Waals surface area contributed by atoms with E-state index in [4.69, 9.17) is 15.2 Å². The Kier molecular flexibility index (Phi) is 6.12. The summed E-state index contributed by atoms with van der Waals surface area (Å²) in [7, 11) is 1.64. The first-order valence-corrected chi connectivity index (χ1v) is 9.05. The molecule has 1 saturated heterocycles. The van der Waals surface area contributed by atoms with Gasteiger partial charge in [0.2, 0.25) is 5.95 Å². The molecule has 2 aromatic rings. The topological polar surface area (TPSA) is 77.9 Å². The zero-order valence-electron chi connectivity index (χ0n) is 15.5. The first kappa shape index (κ1) is 18.3. The van der Waals surface area contributed by atoms with E-state index in [2.05, 4.69) is 15.0 Å². The van der Waals surface area contributed by atoms with E-state index in [0.29, 0.717) is 18.3 Å². The molecular weight excluding hydrogens is 330 g/mol. The number of hydrogen-bond acceptors (Lipinski definition) is 6. The standard InChI is InChI=1S/C19H27N5O2/c1-15-14-24(19(20)22-15)21-13-16-6-7-17(18(12-16)25-2)26-11-10-23-8-4-3-5-9-23/h6-7,12-14H,3-5,8-11H2,1-2H3,(H2,20,22). The lowest BCUT2D eigenvalue weighted by molar-refractivity contribution is 0.180. The predicted molar refractivity (Wildman–Crippen MR) is 103 cm³/mol. The number of anilines is 1. The van der Waals surface area contributed by atoms with Gasteiger partial charge in [-0.2, -0.15) is 5.10 Å². The van der Waals surface area contributed by atoms with E-state index in [1.54, 1.807) is 24.2 Å². The van der Waals surface area contributed by atoms with Gasteiger partial charge in [-0.1, -0.05) is 6.42 Å². The number of nitrogens with two attached hydrogens (primary N) is 1. The van der Waals surface area contributed by atoms with E-state index in [1.165, 1.54) is 32.4 Å². The van der Waals surface area contributed by atoms with Gasteiger partial charge < -0.3 is 15.2 Å². The van der Waals surface area contributed by atoms with Crippen LogP contribution in [-0.4, -0.2) is 54.1 Å². The van der Waals surface area contributed by atoms with Gasteiger partial charge in [0.05, 0.1) is 25.2 Å². The van der Waals surface area contributed by atoms with Gasteiger partial charge >= 0.3 is 0 Å². The lowest BCUT2D eigenvalue weighted by Gasteiger charge is -2.26. The Balaban J connectivity index is 1.60. The highest BCUT2D eigenvalue weighted by molar-refractivity contribution is 5.81. The first-order chi connectivity index (χ1) is 12.7. The molecule has 0 saturated carbocycles. The third-order valence-corrected chi connectivity index (χ3v) is 4.47. The summed E-state index contributed by atoms with van der Waals surface area (Å²) in [5.41, 5.74) is 7.52. The van der Waals surface area contributed by atoms with Crippen molar-refractivity contribution in [3.05, 3.63) is 35.7 Å². The normalized spacial score (nSPS) is 15.5. The summed E-state index contributed by atoms with van der Waals surface area (Å²) in [5.74, 6) is 1.81. The van der Waals surface area contributed by atoms with Crippen LogP contribution in [-0.2, 0) is 0 Å². The Morgan fingerprint density at radius 3 is 2.73 bits per heavy atom. The fourth-order valence-electron chi connectivity index (χ4n) is 3.08. The highest BCUT2D eigenvalue weighted by atomic mass is 16.5. The van der Waals surface area contributed by atoms with Gasteiger partial charge in [0.15, 0.2) is 11.5 Å². The zero-order chi connectivity index (χ0) is 18.4. The van der Waals surface area contributed by atoms with Crippen LogP contribution in [0.4, 0.5) is 5.95 Å². The number of methoxy groups -OCH3 is 1. The molecule has 3 rings (SSSR count). The molecule has 0 radical (unpaired) electrons. The molecule has 0 bridgehead atoms. The number of likely N-dealkylation sites (tertiary alicyclic amines) is 1. The van der Waals surface area contributed by atoms with Crippen molar-refractivity contribution in [3.8, 4) is 11.5 Å². The summed E-state index contributed by atoms with van der Waals surface area (Å²) in [6.45, 7) is 5.83. The van der Waals surface area contributed by atoms with Crippen LogP contribution < -0.4 is 15.2 Å². The van der Waals surface area contributed by atoms with Crippen LogP contribution in [0.1, 0.15) is 30.5 Å². The van der Waals surface area contributed by atoms with Gasteiger partial charge in [-0.3, -0.25) is 4.90 Å². The molecule has 2 N–H and O–H groups in total. The van der Waals surface area contributed by atoms with E-state index in [9.17, 15) is 0 Å². The minimum atomic E-state index is 0.364. The fraction of sp³-hybridized carbons (Fsp3) is 0.474. The summed E-state index contributed by atoms with van der Waals surface area (Å²) < 4.78 is 12.9. The second-order valence-electron chi connectivity index (χ2n) is 6.49. The molecule has 0 unspecified atom stereocenters. The van der Waals surface area contributed by atoms with Crippen molar-refractivity contribution in [3.63, 3.8) is 0 Å². The summed E-state index contributed by atoms with van der Waals surface area (Å²) in [5, 5.41) is 4.33. The second-order valence-corrected chi connectivity index (χ2v) is 6.49. The molecule has 1 aromatic heterocycles. The summed E-state index contributed by atoms with van der Waals surface area (Å²) in [6.07, 6.45) is 7.42. The van der Waals surface area contributed by atoms with Crippen LogP contribution in [0.3, 0.4) is 0 Å². The number of aromatic nitrogens is 2. The Morgan fingerprint density at radius 2 is 2.04 bits per heavy atom. The Morgan fingerprint density at radius 1 is 1.23 bits per heavy atom. The Bertz CT molecular complexity index is 750. The number of imidazole rings is 1. The molecule has 0 amide bonds. The highest BCUT2D eigenvalue weighted by Gasteiger charge is 2.11. The van der Waals surface area contributed by atoms with E-state index < -0.39 is 0 Å². The van der Waals surface area contributed by atoms with Crippen LogP contribution in [0, 0.1) is 6.92 Å². The third-order valence-electron chi connectivity index (χ3n) is 4.47. The lowest BCUT2D eigenvalue weighted by Crippen LogP contribution is -2.33. The maximum Gasteiger partial charge on any atom is 0.221 e. The number of nitrogens with zero attached hydrogens (tertiary/aromatic N) is 4. The molecule has 1 aromatic carbocycles. The molecule has 7 heteroatoms. The average Bonchev–Trinajstić information content (AvgIpc) is 2.98. The summed E-state index contributed by atoms with van der Waals surface area (Å²) in [4.78, 5) is 6.57. The monoisotopic (exact) mass is 357 g/mol. The van der Waals surface area contributed by atoms with Crippen LogP contribution in [0.15, 0.2) is 29.5 Å². The molecule has 0 aliphatic carbocycles. The molecule has 140 valence electrons. The van der Waals surface area contributed by atoms with Gasteiger partial charge in [0.1, 0.15) is 6.61 Å². The van der Waals surface area contributed by atoms with Crippen molar-refractivity contribution in [2.24, 2.45) is 5.10 Å². The van der Waals surface area contributed by atoms with Crippen molar-refractivity contribution in [1.29, 1.82) is 0 Å². The van der Waals surface area contributed by atoms with E-state index in [0.717, 1.165) is 23.6 Å². The van der Waals surface area contributed by atoms with Gasteiger partial charge in [-0.15, -0.1) is 0 Å². The highest BCUT2D eigenvalue weighted by Crippen LogP contribution is 2.27. The molecule has 26 heavy (non-hydrogen) atoms. The molecule has 1 fully saturated rings. The molecule has 0 atom stereocenters. The first-order valence-electron chi connectivity index (χ1n) is 9.05. The van der Waals surface area contributed by atoms with Crippen LogP contribution >= 0.6 is 0 Å². The largest absolute Gasteiger partial charge is 0.493 e.